The van der Waals surface area contributed by atoms with Gasteiger partial charge in [-0.05, 0) is 25.8 Å². The number of carbonyl (C=O) groups excluding carboxylic acids is 1. The highest BCUT2D eigenvalue weighted by molar-refractivity contribution is 7.13. The predicted octanol–water partition coefficient (Wildman–Crippen LogP) is 2.77. The molecule has 0 aliphatic rings. The maximum absolute atomic E-state index is 11.9. The Kier molecular flexibility index (Phi) is 5.32. The van der Waals surface area contributed by atoms with Crippen LogP contribution in [0.2, 0.25) is 0 Å². The lowest BCUT2D eigenvalue weighted by Crippen LogP contribution is -2.45. The van der Waals surface area contributed by atoms with Crippen molar-refractivity contribution in [2.45, 2.75) is 39.2 Å². The fourth-order valence-electron chi connectivity index (χ4n) is 1.96. The summed E-state index contributed by atoms with van der Waals surface area (Å²) < 4.78 is 0. The van der Waals surface area contributed by atoms with Crippen LogP contribution in [0.4, 0.5) is 0 Å². The van der Waals surface area contributed by atoms with Gasteiger partial charge in [0.2, 0.25) is 5.91 Å². The third-order valence-corrected chi connectivity index (χ3v) is 4.18. The Morgan fingerprint density at radius 1 is 1.32 bits per heavy atom. The predicted molar refractivity (Wildman–Crippen MR) is 91.9 cm³/mol. The summed E-state index contributed by atoms with van der Waals surface area (Å²) in [6, 6.07) is 8.40. The van der Waals surface area contributed by atoms with E-state index in [1.54, 1.807) is 11.3 Å². The lowest BCUT2D eigenvalue weighted by Gasteiger charge is -2.18. The Bertz CT molecular complexity index is 626. The molecule has 5 heteroatoms. The number of carbonyl (C=O) groups is 1. The van der Waals surface area contributed by atoms with Crippen LogP contribution < -0.4 is 11.1 Å². The summed E-state index contributed by atoms with van der Waals surface area (Å²) in [6.07, 6.45) is 1.32. The van der Waals surface area contributed by atoms with Gasteiger partial charge in [0.05, 0.1) is 12.1 Å². The number of aromatic nitrogens is 1. The molecule has 0 spiro atoms. The van der Waals surface area contributed by atoms with Crippen molar-refractivity contribution in [2.75, 3.05) is 6.54 Å². The summed E-state index contributed by atoms with van der Waals surface area (Å²) in [6.45, 7) is 6.36. The van der Waals surface area contributed by atoms with Crippen LogP contribution in [-0.4, -0.2) is 23.0 Å². The van der Waals surface area contributed by atoms with Crippen molar-refractivity contribution >= 4 is 17.2 Å². The Morgan fingerprint density at radius 2 is 2.00 bits per heavy atom. The van der Waals surface area contributed by atoms with Crippen LogP contribution in [-0.2, 0) is 17.6 Å². The monoisotopic (exact) mass is 317 g/mol. The molecule has 1 aromatic heterocycles. The molecule has 1 aromatic carbocycles. The van der Waals surface area contributed by atoms with Gasteiger partial charge in [0, 0.05) is 23.0 Å². The van der Waals surface area contributed by atoms with Gasteiger partial charge in [-0.3, -0.25) is 4.79 Å². The van der Waals surface area contributed by atoms with Crippen molar-refractivity contribution in [2.24, 2.45) is 5.73 Å². The van der Waals surface area contributed by atoms with Crippen LogP contribution in [0.3, 0.4) is 0 Å². The minimum absolute atomic E-state index is 0.0447. The molecule has 3 N–H and O–H groups in total. The molecule has 4 nitrogen and oxygen atoms in total. The van der Waals surface area contributed by atoms with Gasteiger partial charge in [-0.2, -0.15) is 0 Å². The number of rotatable bonds is 6. The molecule has 0 bridgehead atoms. The highest BCUT2D eigenvalue weighted by atomic mass is 32.1. The number of nitrogens with two attached hydrogens (primary N) is 1. The van der Waals surface area contributed by atoms with Crippen molar-refractivity contribution in [3.63, 3.8) is 0 Å². The van der Waals surface area contributed by atoms with Gasteiger partial charge in [-0.1, -0.05) is 31.2 Å². The smallest absolute Gasteiger partial charge is 0.226 e. The van der Waals surface area contributed by atoms with Crippen molar-refractivity contribution < 1.29 is 4.79 Å². The molecule has 1 amide bonds. The standard InChI is InChI=1S/C17H23N3OS/c1-4-12-5-7-13(8-6-12)16-20-14(10-22-16)9-15(21)19-11-17(2,3)18/h5-8,10H,4,9,11,18H2,1-3H3,(H,19,21). The molecule has 0 unspecified atom stereocenters. The molecule has 0 saturated heterocycles. The second-order valence-corrected chi connectivity index (χ2v) is 6.99. The zero-order valence-electron chi connectivity index (χ0n) is 13.3. The van der Waals surface area contributed by atoms with Gasteiger partial charge < -0.3 is 11.1 Å². The number of thiazole rings is 1. The number of nitrogens with zero attached hydrogens (tertiary/aromatic N) is 1. The normalized spacial score (nSPS) is 11.5. The summed E-state index contributed by atoms with van der Waals surface area (Å²) in [5, 5.41) is 5.73. The minimum atomic E-state index is -0.399. The van der Waals surface area contributed by atoms with Crippen LogP contribution in [0.25, 0.3) is 10.6 Å². The second-order valence-electron chi connectivity index (χ2n) is 6.14. The Labute approximate surface area is 135 Å². The van der Waals surface area contributed by atoms with Gasteiger partial charge in [-0.25, -0.2) is 4.98 Å². The third kappa shape index (κ3) is 4.93. The SMILES string of the molecule is CCc1ccc(-c2nc(CC(=O)NCC(C)(C)N)cs2)cc1. The van der Waals surface area contributed by atoms with E-state index in [-0.39, 0.29) is 5.91 Å². The Balaban J connectivity index is 1.97. The first kappa shape index (κ1) is 16.6. The summed E-state index contributed by atoms with van der Waals surface area (Å²) in [7, 11) is 0. The van der Waals surface area contributed by atoms with E-state index in [4.69, 9.17) is 5.73 Å². The molecule has 2 aromatic rings. The molecular formula is C17H23N3OS. The van der Waals surface area contributed by atoms with E-state index in [1.165, 1.54) is 5.56 Å². The first-order valence-electron chi connectivity index (χ1n) is 7.46. The van der Waals surface area contributed by atoms with Crippen LogP contribution in [0.1, 0.15) is 32.0 Å². The number of aryl methyl sites for hydroxylation is 1. The maximum Gasteiger partial charge on any atom is 0.226 e. The summed E-state index contributed by atoms with van der Waals surface area (Å²) in [4.78, 5) is 16.4. The number of hydrogen-bond acceptors (Lipinski definition) is 4. The summed E-state index contributed by atoms with van der Waals surface area (Å²) >= 11 is 1.57. The fourth-order valence-corrected chi connectivity index (χ4v) is 2.78. The van der Waals surface area contributed by atoms with Gasteiger partial charge in [0.1, 0.15) is 5.01 Å². The molecule has 2 rings (SSSR count). The highest BCUT2D eigenvalue weighted by Gasteiger charge is 2.14. The van der Waals surface area contributed by atoms with Crippen LogP contribution in [0.5, 0.6) is 0 Å². The van der Waals surface area contributed by atoms with Crippen molar-refractivity contribution in [3.8, 4) is 10.6 Å². The number of amides is 1. The molecule has 118 valence electrons. The first-order chi connectivity index (χ1) is 10.4. The number of benzene rings is 1. The van der Waals surface area contributed by atoms with E-state index >= 15 is 0 Å². The average molecular weight is 317 g/mol. The minimum Gasteiger partial charge on any atom is -0.354 e. The van der Waals surface area contributed by atoms with E-state index in [0.29, 0.717) is 13.0 Å². The molecule has 1 heterocycles. The van der Waals surface area contributed by atoms with Gasteiger partial charge >= 0.3 is 0 Å². The van der Waals surface area contributed by atoms with Gasteiger partial charge in [0.15, 0.2) is 0 Å². The molecule has 0 aliphatic heterocycles. The lowest BCUT2D eigenvalue weighted by molar-refractivity contribution is -0.120. The zero-order chi connectivity index (χ0) is 16.2. The second kappa shape index (κ2) is 7.03. The lowest BCUT2D eigenvalue weighted by atomic mass is 10.1. The molecule has 0 saturated carbocycles. The highest BCUT2D eigenvalue weighted by Crippen LogP contribution is 2.24. The Morgan fingerprint density at radius 3 is 2.59 bits per heavy atom. The molecule has 0 radical (unpaired) electrons. The molecule has 0 atom stereocenters. The van der Waals surface area contributed by atoms with Gasteiger partial charge in [-0.15, -0.1) is 11.3 Å². The summed E-state index contributed by atoms with van der Waals surface area (Å²) in [5.41, 5.74) is 8.66. The van der Waals surface area contributed by atoms with E-state index in [9.17, 15) is 4.79 Å². The average Bonchev–Trinajstić information content (AvgIpc) is 2.93. The molecular weight excluding hydrogens is 294 g/mol. The molecule has 22 heavy (non-hydrogen) atoms. The maximum atomic E-state index is 11.9. The van der Waals surface area contributed by atoms with E-state index in [0.717, 1.165) is 22.7 Å². The zero-order valence-corrected chi connectivity index (χ0v) is 14.2. The van der Waals surface area contributed by atoms with Crippen LogP contribution in [0, 0.1) is 0 Å². The van der Waals surface area contributed by atoms with Gasteiger partial charge in [0.25, 0.3) is 0 Å². The first-order valence-corrected chi connectivity index (χ1v) is 8.34. The fraction of sp³-hybridized carbons (Fsp3) is 0.412. The van der Waals surface area contributed by atoms with E-state index in [1.807, 2.05) is 19.2 Å². The molecule has 0 fully saturated rings. The van der Waals surface area contributed by atoms with E-state index in [2.05, 4.69) is 41.5 Å². The number of nitrogens with one attached hydrogen (secondary N) is 1. The largest absolute Gasteiger partial charge is 0.354 e. The third-order valence-electron chi connectivity index (χ3n) is 3.24. The molecule has 0 aliphatic carbocycles. The Hall–Kier alpha value is -1.72. The van der Waals surface area contributed by atoms with Crippen molar-refractivity contribution in [3.05, 3.63) is 40.9 Å². The van der Waals surface area contributed by atoms with Crippen LogP contribution in [0.15, 0.2) is 29.6 Å². The number of hydrogen-bond donors (Lipinski definition) is 2. The van der Waals surface area contributed by atoms with E-state index < -0.39 is 5.54 Å². The topological polar surface area (TPSA) is 68.0 Å². The van der Waals surface area contributed by atoms with Crippen molar-refractivity contribution in [1.29, 1.82) is 0 Å². The van der Waals surface area contributed by atoms with Crippen LogP contribution >= 0.6 is 11.3 Å². The van der Waals surface area contributed by atoms with Crippen molar-refractivity contribution in [1.82, 2.24) is 10.3 Å². The summed E-state index contributed by atoms with van der Waals surface area (Å²) in [5.74, 6) is -0.0447. The quantitative estimate of drug-likeness (QED) is 0.861.